The molecule has 0 radical (unpaired) electrons. The van der Waals surface area contributed by atoms with Crippen LogP contribution in [0.1, 0.15) is 5.56 Å². The van der Waals surface area contributed by atoms with Gasteiger partial charge in [0.2, 0.25) is 0 Å². The molecule has 1 fully saturated rings. The number of piperazine rings is 1. The van der Waals surface area contributed by atoms with Crippen molar-refractivity contribution in [3.63, 3.8) is 0 Å². The van der Waals surface area contributed by atoms with Gasteiger partial charge >= 0.3 is 0 Å². The summed E-state index contributed by atoms with van der Waals surface area (Å²) in [5.74, 6) is 0.885. The zero-order valence-corrected chi connectivity index (χ0v) is 17.6. The quantitative estimate of drug-likeness (QED) is 0.624. The van der Waals surface area contributed by atoms with Gasteiger partial charge in [-0.25, -0.2) is 0 Å². The van der Waals surface area contributed by atoms with E-state index in [1.54, 1.807) is 6.07 Å². The SMILES string of the molecule is Cc1ccc(Cl)cc1NC(=O)C[NH+]1CC[NH+](CCOc2ccc(Cl)cc2)CC1. The first-order valence-corrected chi connectivity index (χ1v) is 10.4. The van der Waals surface area contributed by atoms with Crippen molar-refractivity contribution in [3.8, 4) is 5.75 Å². The average Bonchev–Trinajstić information content (AvgIpc) is 2.68. The van der Waals surface area contributed by atoms with Crippen molar-refractivity contribution in [2.45, 2.75) is 6.92 Å². The molecule has 150 valence electrons. The minimum atomic E-state index is 0.0369. The van der Waals surface area contributed by atoms with Crippen molar-refractivity contribution in [2.75, 3.05) is 51.2 Å². The first-order chi connectivity index (χ1) is 13.5. The number of nitrogens with one attached hydrogen (secondary N) is 3. The number of hydrogen-bond donors (Lipinski definition) is 3. The topological polar surface area (TPSA) is 47.2 Å². The number of rotatable bonds is 7. The lowest BCUT2D eigenvalue weighted by Gasteiger charge is -2.29. The van der Waals surface area contributed by atoms with E-state index in [2.05, 4.69) is 5.32 Å². The maximum absolute atomic E-state index is 12.4. The molecule has 0 aliphatic carbocycles. The molecular weight excluding hydrogens is 397 g/mol. The van der Waals surface area contributed by atoms with E-state index in [1.807, 2.05) is 43.3 Å². The van der Waals surface area contributed by atoms with Crippen LogP contribution in [0.15, 0.2) is 42.5 Å². The molecule has 1 heterocycles. The summed E-state index contributed by atoms with van der Waals surface area (Å²) in [5.41, 5.74) is 1.81. The van der Waals surface area contributed by atoms with Gasteiger partial charge in [0.05, 0.1) is 0 Å². The van der Waals surface area contributed by atoms with Crippen molar-refractivity contribution < 1.29 is 19.3 Å². The Labute approximate surface area is 176 Å². The molecule has 2 aromatic rings. The van der Waals surface area contributed by atoms with E-state index in [4.69, 9.17) is 27.9 Å². The number of benzene rings is 2. The molecule has 1 aliphatic heterocycles. The van der Waals surface area contributed by atoms with Gasteiger partial charge in [-0.3, -0.25) is 4.79 Å². The van der Waals surface area contributed by atoms with Crippen LogP contribution in [-0.4, -0.2) is 51.8 Å². The second-order valence-electron chi connectivity index (χ2n) is 7.24. The van der Waals surface area contributed by atoms with Crippen molar-refractivity contribution in [1.82, 2.24) is 0 Å². The first-order valence-electron chi connectivity index (χ1n) is 9.61. The highest BCUT2D eigenvalue weighted by Gasteiger charge is 2.24. The van der Waals surface area contributed by atoms with E-state index in [1.165, 1.54) is 9.80 Å². The summed E-state index contributed by atoms with van der Waals surface area (Å²) in [4.78, 5) is 15.2. The van der Waals surface area contributed by atoms with E-state index in [0.29, 0.717) is 23.2 Å². The molecule has 0 spiro atoms. The second kappa shape index (κ2) is 10.1. The predicted octanol–water partition coefficient (Wildman–Crippen LogP) is 1.10. The van der Waals surface area contributed by atoms with Crippen molar-refractivity contribution in [3.05, 3.63) is 58.1 Å². The van der Waals surface area contributed by atoms with E-state index >= 15 is 0 Å². The Morgan fingerprint density at radius 1 is 1.00 bits per heavy atom. The predicted molar refractivity (Wildman–Crippen MR) is 113 cm³/mol. The van der Waals surface area contributed by atoms with Crippen LogP contribution in [0.5, 0.6) is 5.75 Å². The molecule has 3 rings (SSSR count). The Morgan fingerprint density at radius 3 is 2.36 bits per heavy atom. The molecule has 7 heteroatoms. The summed E-state index contributed by atoms with van der Waals surface area (Å²) in [6, 6.07) is 13.0. The maximum Gasteiger partial charge on any atom is 0.279 e. The van der Waals surface area contributed by atoms with Gasteiger partial charge in [0.25, 0.3) is 5.91 Å². The normalized spacial score (nSPS) is 19.2. The van der Waals surface area contributed by atoms with Crippen molar-refractivity contribution in [1.29, 1.82) is 0 Å². The Morgan fingerprint density at radius 2 is 1.64 bits per heavy atom. The van der Waals surface area contributed by atoms with Gasteiger partial charge in [0.1, 0.15) is 45.1 Å². The third-order valence-corrected chi connectivity index (χ3v) is 5.57. The third kappa shape index (κ3) is 6.38. The molecule has 3 N–H and O–H groups in total. The fourth-order valence-corrected chi connectivity index (χ4v) is 3.68. The van der Waals surface area contributed by atoms with E-state index in [9.17, 15) is 4.79 Å². The van der Waals surface area contributed by atoms with Crippen LogP contribution in [0, 0.1) is 6.92 Å². The summed E-state index contributed by atoms with van der Waals surface area (Å²) in [7, 11) is 0. The number of aryl methyl sites for hydroxylation is 1. The molecule has 0 atom stereocenters. The summed E-state index contributed by atoms with van der Waals surface area (Å²) in [6.07, 6.45) is 0. The molecule has 0 unspecified atom stereocenters. The largest absolute Gasteiger partial charge is 0.488 e. The average molecular weight is 424 g/mol. The van der Waals surface area contributed by atoms with E-state index in [0.717, 1.165) is 49.7 Å². The molecule has 28 heavy (non-hydrogen) atoms. The van der Waals surface area contributed by atoms with Crippen molar-refractivity contribution in [2.24, 2.45) is 0 Å². The van der Waals surface area contributed by atoms with E-state index < -0.39 is 0 Å². The number of hydrogen-bond acceptors (Lipinski definition) is 2. The summed E-state index contributed by atoms with van der Waals surface area (Å²) in [6.45, 7) is 8.15. The first kappa shape index (κ1) is 20.9. The van der Waals surface area contributed by atoms with Gasteiger partial charge in [-0.05, 0) is 48.9 Å². The van der Waals surface area contributed by atoms with E-state index in [-0.39, 0.29) is 5.91 Å². The molecule has 2 aromatic carbocycles. The molecule has 5 nitrogen and oxygen atoms in total. The highest BCUT2D eigenvalue weighted by molar-refractivity contribution is 6.31. The number of quaternary nitrogens is 2. The Balaban J connectivity index is 1.36. The zero-order chi connectivity index (χ0) is 19.9. The van der Waals surface area contributed by atoms with Crippen molar-refractivity contribution >= 4 is 34.8 Å². The summed E-state index contributed by atoms with van der Waals surface area (Å²) in [5, 5.41) is 4.33. The highest BCUT2D eigenvalue weighted by atomic mass is 35.5. The number of anilines is 1. The van der Waals surface area contributed by atoms with Gasteiger partial charge < -0.3 is 19.9 Å². The molecule has 1 amide bonds. The van der Waals surface area contributed by atoms with Gasteiger partial charge in [0.15, 0.2) is 6.54 Å². The summed E-state index contributed by atoms with van der Waals surface area (Å²) >= 11 is 11.9. The van der Waals surface area contributed by atoms with Crippen LogP contribution >= 0.6 is 23.2 Å². The summed E-state index contributed by atoms with van der Waals surface area (Å²) < 4.78 is 5.78. The minimum Gasteiger partial charge on any atom is -0.488 e. The van der Waals surface area contributed by atoms with Crippen LogP contribution in [0.2, 0.25) is 10.0 Å². The Kier molecular flexibility index (Phi) is 7.57. The fourth-order valence-electron chi connectivity index (χ4n) is 3.38. The molecule has 1 aliphatic rings. The van der Waals surface area contributed by atoms with Crippen LogP contribution in [-0.2, 0) is 4.79 Å². The number of carbonyl (C=O) groups is 1. The molecular formula is C21H27Cl2N3O2+2. The monoisotopic (exact) mass is 423 g/mol. The standard InChI is InChI=1S/C21H25Cl2N3O2/c1-16-2-3-18(23)14-20(16)24-21(27)15-26-10-8-25(9-11-26)12-13-28-19-6-4-17(22)5-7-19/h2-7,14H,8-13,15H2,1H3,(H,24,27)/p+2. The Hall–Kier alpha value is -1.79. The fraction of sp³-hybridized carbons (Fsp3) is 0.381. The highest BCUT2D eigenvalue weighted by Crippen LogP contribution is 2.19. The second-order valence-corrected chi connectivity index (χ2v) is 8.11. The lowest BCUT2D eigenvalue weighted by atomic mass is 10.2. The van der Waals surface area contributed by atoms with Gasteiger partial charge in [-0.1, -0.05) is 29.3 Å². The molecule has 1 saturated heterocycles. The Bertz CT molecular complexity index is 791. The van der Waals surface area contributed by atoms with Gasteiger partial charge in [-0.2, -0.15) is 0 Å². The third-order valence-electron chi connectivity index (χ3n) is 5.09. The molecule has 0 aromatic heterocycles. The number of carbonyl (C=O) groups excluding carboxylic acids is 1. The number of halogens is 2. The smallest absolute Gasteiger partial charge is 0.279 e. The van der Waals surface area contributed by atoms with Gasteiger partial charge in [0, 0.05) is 15.7 Å². The minimum absolute atomic E-state index is 0.0369. The van der Waals surface area contributed by atoms with Crippen LogP contribution in [0.25, 0.3) is 0 Å². The number of ether oxygens (including phenoxy) is 1. The van der Waals surface area contributed by atoms with Crippen LogP contribution in [0.4, 0.5) is 5.69 Å². The van der Waals surface area contributed by atoms with Gasteiger partial charge in [-0.15, -0.1) is 0 Å². The molecule has 0 saturated carbocycles. The molecule has 0 bridgehead atoms. The van der Waals surface area contributed by atoms with Crippen LogP contribution in [0.3, 0.4) is 0 Å². The lowest BCUT2D eigenvalue weighted by Crippen LogP contribution is -3.28. The maximum atomic E-state index is 12.4. The number of amides is 1. The van der Waals surface area contributed by atoms with Crippen LogP contribution < -0.4 is 19.9 Å². The zero-order valence-electron chi connectivity index (χ0n) is 16.1. The lowest BCUT2D eigenvalue weighted by molar-refractivity contribution is -1.01.